The first-order chi connectivity index (χ1) is 43.8. The highest BCUT2D eigenvalue weighted by atomic mass is 15.0. The third kappa shape index (κ3) is 9.57. The van der Waals surface area contributed by atoms with Gasteiger partial charge in [0.1, 0.15) is 0 Å². The Bertz CT molecular complexity index is 5160. The minimum Gasteiger partial charge on any atom is -0.309 e. The minimum absolute atomic E-state index is 0.566. The van der Waals surface area contributed by atoms with Crippen LogP contribution >= 0.6 is 0 Å². The summed E-state index contributed by atoms with van der Waals surface area (Å²) in [5.74, 6) is 1.73. The molecule has 5 nitrogen and oxygen atoms in total. The minimum atomic E-state index is 0.566. The summed E-state index contributed by atoms with van der Waals surface area (Å²) in [4.78, 5) is 16.6. The standard InChI is InChI=1S/C84H59N5/c1-54-45-55(2)80(56(3)46-54)64-41-43-78-74(50-64)75-53-69(88-76-35-21-19-33-70(76)71-34-20-22-36-77(71)88)42-44-79(75)89(78)81-72(61-29-15-7-16-30-61)51-68(52-73(81)62-31-17-8-18-32-62)84-86-82(63-39-37-60(38-40-63)57-23-9-4-10-24-57)85-83(87-84)67-48-65(58-25-11-5-12-26-58)47-66(49-67)59-27-13-6-14-28-59/h4-53H,1-3H3. The SMILES string of the molecule is Cc1cc(C)c(-c2ccc3c(c2)c2cc(-n4c5ccccc5c5ccccc54)ccc2n3-c2c(-c3ccccc3)cc(-c3nc(-c4ccc(-c5ccccc5)cc4)nc(-c4cc(-c5ccccc5)cc(-c5ccccc5)c4)n3)cc2-c2ccccc2)c(C)c1. The quantitative estimate of drug-likeness (QED) is 0.130. The van der Waals surface area contributed by atoms with Gasteiger partial charge in [0.25, 0.3) is 0 Å². The summed E-state index contributed by atoms with van der Waals surface area (Å²) in [5, 5.41) is 4.78. The molecule has 5 heteroatoms. The molecule has 0 unspecified atom stereocenters. The van der Waals surface area contributed by atoms with Crippen LogP contribution in [0.15, 0.2) is 303 Å². The fraction of sp³-hybridized carbons (Fsp3) is 0.0357. The molecule has 0 aliphatic heterocycles. The van der Waals surface area contributed by atoms with E-state index >= 15 is 0 Å². The summed E-state index contributed by atoms with van der Waals surface area (Å²) >= 11 is 0. The van der Waals surface area contributed by atoms with Crippen molar-refractivity contribution in [3.05, 3.63) is 320 Å². The first kappa shape index (κ1) is 53.0. The van der Waals surface area contributed by atoms with Gasteiger partial charge in [-0.1, -0.05) is 236 Å². The third-order valence-electron chi connectivity index (χ3n) is 17.6. The second-order valence-electron chi connectivity index (χ2n) is 23.3. The molecule has 0 saturated carbocycles. The van der Waals surface area contributed by atoms with Gasteiger partial charge in [0.2, 0.25) is 0 Å². The zero-order valence-corrected chi connectivity index (χ0v) is 49.6. The molecule has 420 valence electrons. The van der Waals surface area contributed by atoms with Gasteiger partial charge in [0.15, 0.2) is 17.5 Å². The van der Waals surface area contributed by atoms with Gasteiger partial charge in [0, 0.05) is 55.0 Å². The van der Waals surface area contributed by atoms with Crippen LogP contribution in [0.5, 0.6) is 0 Å². The number of para-hydroxylation sites is 2. The zero-order chi connectivity index (χ0) is 59.5. The predicted octanol–water partition coefficient (Wildman–Crippen LogP) is 22.0. The Hall–Kier alpha value is -11.5. The number of hydrogen-bond acceptors (Lipinski definition) is 3. The van der Waals surface area contributed by atoms with Gasteiger partial charge in [-0.25, -0.2) is 15.0 Å². The van der Waals surface area contributed by atoms with E-state index in [1.165, 1.54) is 55.0 Å². The van der Waals surface area contributed by atoms with Gasteiger partial charge in [-0.15, -0.1) is 0 Å². The highest BCUT2D eigenvalue weighted by Gasteiger charge is 2.25. The molecule has 0 N–H and O–H groups in total. The first-order valence-electron chi connectivity index (χ1n) is 30.5. The Morgan fingerprint density at radius 3 is 1.10 bits per heavy atom. The van der Waals surface area contributed by atoms with Gasteiger partial charge in [-0.3, -0.25) is 0 Å². The third-order valence-corrected chi connectivity index (χ3v) is 17.6. The van der Waals surface area contributed by atoms with Crippen molar-refractivity contribution in [2.75, 3.05) is 0 Å². The van der Waals surface area contributed by atoms with Gasteiger partial charge >= 0.3 is 0 Å². The van der Waals surface area contributed by atoms with Crippen molar-refractivity contribution in [1.29, 1.82) is 0 Å². The number of nitrogens with zero attached hydrogens (tertiary/aromatic N) is 5. The fourth-order valence-electron chi connectivity index (χ4n) is 13.6. The average Bonchev–Trinajstić information content (AvgIpc) is 1.66. The molecule has 0 aliphatic carbocycles. The Labute approximate surface area is 517 Å². The molecular formula is C84H59N5. The molecule has 16 rings (SSSR count). The maximum Gasteiger partial charge on any atom is 0.164 e. The van der Waals surface area contributed by atoms with Gasteiger partial charge in [-0.05, 0) is 160 Å². The van der Waals surface area contributed by atoms with E-state index in [4.69, 9.17) is 15.0 Å². The van der Waals surface area contributed by atoms with E-state index in [0.717, 1.165) is 100 Å². The fourth-order valence-corrected chi connectivity index (χ4v) is 13.6. The Morgan fingerprint density at radius 2 is 0.596 bits per heavy atom. The summed E-state index contributed by atoms with van der Waals surface area (Å²) in [7, 11) is 0. The molecule has 0 fully saturated rings. The maximum atomic E-state index is 5.60. The smallest absolute Gasteiger partial charge is 0.164 e. The summed E-state index contributed by atoms with van der Waals surface area (Å²) in [6, 6.07) is 110. The van der Waals surface area contributed by atoms with Crippen molar-refractivity contribution in [2.45, 2.75) is 20.8 Å². The molecular weight excluding hydrogens is 1080 g/mol. The van der Waals surface area contributed by atoms with Crippen LogP contribution in [0, 0.1) is 20.8 Å². The second kappa shape index (κ2) is 22.1. The van der Waals surface area contributed by atoms with Crippen LogP contribution in [0.1, 0.15) is 16.7 Å². The van der Waals surface area contributed by atoms with Crippen LogP contribution in [-0.4, -0.2) is 24.1 Å². The van der Waals surface area contributed by atoms with E-state index in [2.05, 4.69) is 333 Å². The molecule has 3 aromatic heterocycles. The van der Waals surface area contributed by atoms with Crippen molar-refractivity contribution >= 4 is 43.6 Å². The van der Waals surface area contributed by atoms with E-state index in [-0.39, 0.29) is 0 Å². The molecule has 0 amide bonds. The van der Waals surface area contributed by atoms with Crippen molar-refractivity contribution in [3.8, 4) is 112 Å². The highest BCUT2D eigenvalue weighted by molar-refractivity contribution is 6.14. The predicted molar refractivity (Wildman–Crippen MR) is 372 cm³/mol. The average molecular weight is 1140 g/mol. The molecule has 0 aliphatic rings. The van der Waals surface area contributed by atoms with Crippen LogP contribution in [0.25, 0.3) is 156 Å². The molecule has 89 heavy (non-hydrogen) atoms. The first-order valence-corrected chi connectivity index (χ1v) is 30.5. The molecule has 0 radical (unpaired) electrons. The maximum absolute atomic E-state index is 5.60. The Kier molecular flexibility index (Phi) is 13.1. The Morgan fingerprint density at radius 1 is 0.236 bits per heavy atom. The lowest BCUT2D eigenvalue weighted by Gasteiger charge is -2.21. The summed E-state index contributed by atoms with van der Waals surface area (Å²) < 4.78 is 4.95. The molecule has 3 heterocycles. The van der Waals surface area contributed by atoms with E-state index in [1.54, 1.807) is 0 Å². The van der Waals surface area contributed by atoms with Gasteiger partial charge in [0.05, 0.1) is 27.8 Å². The van der Waals surface area contributed by atoms with Gasteiger partial charge < -0.3 is 9.13 Å². The van der Waals surface area contributed by atoms with Crippen molar-refractivity contribution < 1.29 is 0 Å². The molecule has 0 atom stereocenters. The van der Waals surface area contributed by atoms with Crippen LogP contribution in [0.3, 0.4) is 0 Å². The van der Waals surface area contributed by atoms with Crippen molar-refractivity contribution in [2.24, 2.45) is 0 Å². The van der Waals surface area contributed by atoms with Crippen LogP contribution in [-0.2, 0) is 0 Å². The number of benzene rings is 13. The molecule has 0 saturated heterocycles. The molecule has 16 aromatic rings. The zero-order valence-electron chi connectivity index (χ0n) is 49.6. The second-order valence-corrected chi connectivity index (χ2v) is 23.3. The van der Waals surface area contributed by atoms with Crippen LogP contribution in [0.4, 0.5) is 0 Å². The molecule has 0 spiro atoms. The normalized spacial score (nSPS) is 11.5. The monoisotopic (exact) mass is 1140 g/mol. The van der Waals surface area contributed by atoms with Gasteiger partial charge in [-0.2, -0.15) is 0 Å². The topological polar surface area (TPSA) is 48.5 Å². The summed E-state index contributed by atoms with van der Waals surface area (Å²) in [5.41, 5.74) is 26.4. The van der Waals surface area contributed by atoms with Crippen LogP contribution < -0.4 is 0 Å². The highest BCUT2D eigenvalue weighted by Crippen LogP contribution is 2.46. The summed E-state index contributed by atoms with van der Waals surface area (Å²) in [6.07, 6.45) is 0. The molecule has 13 aromatic carbocycles. The largest absolute Gasteiger partial charge is 0.309 e. The number of aromatic nitrogens is 5. The van der Waals surface area contributed by atoms with E-state index in [1.807, 2.05) is 0 Å². The number of aryl methyl sites for hydroxylation is 3. The Balaban J connectivity index is 0.975. The number of rotatable bonds is 11. The summed E-state index contributed by atoms with van der Waals surface area (Å²) in [6.45, 7) is 6.67. The lowest BCUT2D eigenvalue weighted by molar-refractivity contribution is 1.07. The lowest BCUT2D eigenvalue weighted by Crippen LogP contribution is -2.04. The molecule has 0 bridgehead atoms. The van der Waals surface area contributed by atoms with Crippen molar-refractivity contribution in [1.82, 2.24) is 24.1 Å². The van der Waals surface area contributed by atoms with Crippen LogP contribution in [0.2, 0.25) is 0 Å². The number of fused-ring (bicyclic) bond motifs is 6. The van der Waals surface area contributed by atoms with Crippen molar-refractivity contribution in [3.63, 3.8) is 0 Å². The van der Waals surface area contributed by atoms with E-state index in [0.29, 0.717) is 17.5 Å². The lowest BCUT2D eigenvalue weighted by atomic mass is 9.92. The van der Waals surface area contributed by atoms with E-state index in [9.17, 15) is 0 Å². The number of hydrogen-bond donors (Lipinski definition) is 0. The van der Waals surface area contributed by atoms with E-state index < -0.39 is 0 Å².